The fourth-order valence-electron chi connectivity index (χ4n) is 3.56. The normalized spacial score (nSPS) is 11.4. The largest absolute Gasteiger partial charge is 0.206 e. The van der Waals surface area contributed by atoms with Crippen molar-refractivity contribution in [2.24, 2.45) is 0 Å². The maximum Gasteiger partial charge on any atom is 0.159 e. The molecule has 0 saturated carbocycles. The quantitative estimate of drug-likeness (QED) is 0.331. The number of benzene rings is 4. The molecule has 0 amide bonds. The van der Waals surface area contributed by atoms with E-state index in [1.807, 2.05) is 18.2 Å². The van der Waals surface area contributed by atoms with Crippen molar-refractivity contribution in [3.8, 4) is 11.1 Å². The highest BCUT2D eigenvalue weighted by atomic mass is 19.2. The van der Waals surface area contributed by atoms with Crippen LogP contribution in [0.15, 0.2) is 60.7 Å². The molecule has 0 unspecified atom stereocenters. The first kappa shape index (κ1) is 17.6. The average molecular weight is 364 g/mol. The second-order valence-corrected chi connectivity index (χ2v) is 6.91. The minimum absolute atomic E-state index is 0.264. The third kappa shape index (κ3) is 3.30. The van der Waals surface area contributed by atoms with Gasteiger partial charge < -0.3 is 0 Å². The third-order valence-corrected chi connectivity index (χ3v) is 5.04. The lowest BCUT2D eigenvalue weighted by Gasteiger charge is -2.10. The van der Waals surface area contributed by atoms with Gasteiger partial charge in [0.2, 0.25) is 0 Å². The van der Waals surface area contributed by atoms with Crippen molar-refractivity contribution in [1.82, 2.24) is 0 Å². The van der Waals surface area contributed by atoms with Gasteiger partial charge in [0.15, 0.2) is 11.6 Å². The molecule has 136 valence electrons. The van der Waals surface area contributed by atoms with Crippen LogP contribution in [0.25, 0.3) is 32.7 Å². The summed E-state index contributed by atoms with van der Waals surface area (Å²) >= 11 is 0. The van der Waals surface area contributed by atoms with Crippen LogP contribution < -0.4 is 0 Å². The molecular weight excluding hydrogens is 345 g/mol. The molecular formula is C24H19F3. The highest BCUT2D eigenvalue weighted by molar-refractivity contribution is 6.08. The molecule has 0 spiro atoms. The Morgan fingerprint density at radius 3 is 2.19 bits per heavy atom. The first-order chi connectivity index (χ1) is 13.1. The molecule has 0 atom stereocenters. The van der Waals surface area contributed by atoms with E-state index in [0.29, 0.717) is 5.56 Å². The lowest BCUT2D eigenvalue weighted by atomic mass is 9.95. The Morgan fingerprint density at radius 1 is 0.667 bits per heavy atom. The molecule has 0 fully saturated rings. The van der Waals surface area contributed by atoms with Gasteiger partial charge in [-0.15, -0.1) is 0 Å². The number of hydrogen-bond acceptors (Lipinski definition) is 0. The zero-order chi connectivity index (χ0) is 19.0. The van der Waals surface area contributed by atoms with E-state index in [9.17, 15) is 13.2 Å². The van der Waals surface area contributed by atoms with E-state index >= 15 is 0 Å². The SMILES string of the molecule is CCCCc1ccc2c(ccc3cc(-c4ccc(F)c(F)c4)c(F)cc32)c1. The minimum atomic E-state index is -0.981. The molecule has 0 aliphatic rings. The molecule has 4 rings (SSSR count). The predicted octanol–water partition coefficient (Wildman–Crippen LogP) is 7.42. The van der Waals surface area contributed by atoms with Gasteiger partial charge in [-0.25, -0.2) is 13.2 Å². The van der Waals surface area contributed by atoms with Crippen LogP contribution in [0, 0.1) is 17.5 Å². The number of fused-ring (bicyclic) bond motifs is 3. The first-order valence-electron chi connectivity index (χ1n) is 9.17. The molecule has 0 saturated heterocycles. The monoisotopic (exact) mass is 364 g/mol. The number of unbranched alkanes of at least 4 members (excludes halogenated alkanes) is 1. The second kappa shape index (κ2) is 7.07. The maximum atomic E-state index is 14.8. The van der Waals surface area contributed by atoms with Crippen LogP contribution in [0.5, 0.6) is 0 Å². The topological polar surface area (TPSA) is 0 Å². The van der Waals surface area contributed by atoms with Crippen LogP contribution in [0.2, 0.25) is 0 Å². The molecule has 0 bridgehead atoms. The summed E-state index contributed by atoms with van der Waals surface area (Å²) in [5, 5.41) is 3.75. The van der Waals surface area contributed by atoms with Crippen LogP contribution in [0.3, 0.4) is 0 Å². The summed E-state index contributed by atoms with van der Waals surface area (Å²) in [5.41, 5.74) is 1.87. The van der Waals surface area contributed by atoms with Crippen molar-refractivity contribution in [2.45, 2.75) is 26.2 Å². The molecule has 0 heterocycles. The fourth-order valence-corrected chi connectivity index (χ4v) is 3.56. The molecule has 0 aliphatic carbocycles. The summed E-state index contributed by atoms with van der Waals surface area (Å²) in [7, 11) is 0. The Morgan fingerprint density at radius 2 is 1.44 bits per heavy atom. The third-order valence-electron chi connectivity index (χ3n) is 5.04. The molecule has 0 nitrogen and oxygen atoms in total. The van der Waals surface area contributed by atoms with Gasteiger partial charge in [-0.2, -0.15) is 0 Å². The Hall–Kier alpha value is -2.81. The van der Waals surface area contributed by atoms with Crippen molar-refractivity contribution >= 4 is 21.5 Å². The van der Waals surface area contributed by atoms with E-state index in [1.54, 1.807) is 6.07 Å². The second-order valence-electron chi connectivity index (χ2n) is 6.91. The van der Waals surface area contributed by atoms with Crippen LogP contribution in [-0.4, -0.2) is 0 Å². The first-order valence-corrected chi connectivity index (χ1v) is 9.17. The number of halogens is 3. The summed E-state index contributed by atoms with van der Waals surface area (Å²) in [5.74, 6) is -2.37. The van der Waals surface area contributed by atoms with Crippen molar-refractivity contribution in [3.63, 3.8) is 0 Å². The van der Waals surface area contributed by atoms with Crippen molar-refractivity contribution in [1.29, 1.82) is 0 Å². The molecule has 0 N–H and O–H groups in total. The van der Waals surface area contributed by atoms with Crippen molar-refractivity contribution < 1.29 is 13.2 Å². The highest BCUT2D eigenvalue weighted by Gasteiger charge is 2.12. The molecule has 4 aromatic carbocycles. The van der Waals surface area contributed by atoms with Crippen molar-refractivity contribution in [3.05, 3.63) is 83.7 Å². The van der Waals surface area contributed by atoms with E-state index < -0.39 is 17.5 Å². The van der Waals surface area contributed by atoms with Gasteiger partial charge >= 0.3 is 0 Å². The van der Waals surface area contributed by atoms with E-state index in [4.69, 9.17) is 0 Å². The summed E-state index contributed by atoms with van der Waals surface area (Å²) in [6, 6.07) is 16.9. The molecule has 27 heavy (non-hydrogen) atoms. The van der Waals surface area contributed by atoms with E-state index in [1.165, 1.54) is 17.7 Å². The van der Waals surface area contributed by atoms with Gasteiger partial charge in [0, 0.05) is 5.56 Å². The zero-order valence-electron chi connectivity index (χ0n) is 15.0. The average Bonchev–Trinajstić information content (AvgIpc) is 2.68. The number of rotatable bonds is 4. The number of aryl methyl sites for hydroxylation is 1. The lowest BCUT2D eigenvalue weighted by Crippen LogP contribution is -1.90. The van der Waals surface area contributed by atoms with E-state index in [0.717, 1.165) is 52.9 Å². The Labute approximate surface area is 156 Å². The van der Waals surface area contributed by atoms with Crippen molar-refractivity contribution in [2.75, 3.05) is 0 Å². The minimum Gasteiger partial charge on any atom is -0.206 e. The molecule has 4 aromatic rings. The van der Waals surface area contributed by atoms with Crippen LogP contribution in [-0.2, 0) is 6.42 Å². The van der Waals surface area contributed by atoms with Gasteiger partial charge in [0.25, 0.3) is 0 Å². The van der Waals surface area contributed by atoms with Gasteiger partial charge in [-0.1, -0.05) is 49.7 Å². The smallest absolute Gasteiger partial charge is 0.159 e. The van der Waals surface area contributed by atoms with Gasteiger partial charge in [-0.05, 0) is 69.8 Å². The van der Waals surface area contributed by atoms with Gasteiger partial charge in [0.05, 0.1) is 0 Å². The summed E-state index contributed by atoms with van der Waals surface area (Å²) in [6.45, 7) is 2.17. The Bertz CT molecular complexity index is 1150. The van der Waals surface area contributed by atoms with E-state index in [-0.39, 0.29) is 5.56 Å². The van der Waals surface area contributed by atoms with Gasteiger partial charge in [0.1, 0.15) is 5.82 Å². The molecule has 0 aliphatic heterocycles. The predicted molar refractivity (Wildman–Crippen MR) is 105 cm³/mol. The summed E-state index contributed by atoms with van der Waals surface area (Å²) < 4.78 is 41.5. The van der Waals surface area contributed by atoms with Crippen LogP contribution in [0.1, 0.15) is 25.3 Å². The van der Waals surface area contributed by atoms with E-state index in [2.05, 4.69) is 19.1 Å². The lowest BCUT2D eigenvalue weighted by molar-refractivity contribution is 0.509. The summed E-state index contributed by atoms with van der Waals surface area (Å²) in [4.78, 5) is 0. The fraction of sp³-hybridized carbons (Fsp3) is 0.167. The summed E-state index contributed by atoms with van der Waals surface area (Å²) in [6.07, 6.45) is 3.33. The molecule has 0 radical (unpaired) electrons. The molecule has 0 aromatic heterocycles. The Kier molecular flexibility index (Phi) is 4.61. The highest BCUT2D eigenvalue weighted by Crippen LogP contribution is 2.33. The van der Waals surface area contributed by atoms with Crippen LogP contribution >= 0.6 is 0 Å². The van der Waals surface area contributed by atoms with Gasteiger partial charge in [-0.3, -0.25) is 0 Å². The van der Waals surface area contributed by atoms with Crippen LogP contribution in [0.4, 0.5) is 13.2 Å². The maximum absolute atomic E-state index is 14.8. The zero-order valence-corrected chi connectivity index (χ0v) is 15.0. The standard InChI is InChI=1S/C24H19F3/c1-2-3-4-15-5-9-19-16(11-15)6-7-17-12-21(23(26)14-20(17)19)18-8-10-22(25)24(27)13-18/h5-14H,2-4H2,1H3. The number of hydrogen-bond donors (Lipinski definition) is 0. The molecule has 3 heteroatoms. The Balaban J connectivity index is 1.85.